The maximum atomic E-state index is 11.2. The standard InChI is InChI=1S/C13H24O4.Mg/c1-5-6-7-8-9-13(10(14)15,11(16)17)12(2,3)4;/h5-9H2,1-4H3,(H,14,15)(H,16,17);/q;+2/p-2. The largest absolute Gasteiger partial charge is 2.00 e. The Morgan fingerprint density at radius 1 is 0.944 bits per heavy atom. The third-order valence-corrected chi connectivity index (χ3v) is 3.38. The SMILES string of the molecule is CCCCCCC(C(=O)[O-])(C(=O)[O-])C(C)(C)C.[Mg+2]. The van der Waals surface area contributed by atoms with Gasteiger partial charge in [-0.3, -0.25) is 0 Å². The van der Waals surface area contributed by atoms with Gasteiger partial charge in [0.15, 0.2) is 0 Å². The van der Waals surface area contributed by atoms with E-state index in [1.54, 1.807) is 20.8 Å². The molecular weight excluding hydrogens is 244 g/mol. The number of aliphatic carboxylic acids is 2. The summed E-state index contributed by atoms with van der Waals surface area (Å²) in [5.74, 6) is -3.08. The molecule has 0 aliphatic heterocycles. The van der Waals surface area contributed by atoms with Crippen LogP contribution in [0.5, 0.6) is 0 Å². The molecule has 0 aliphatic rings. The van der Waals surface area contributed by atoms with E-state index in [4.69, 9.17) is 0 Å². The Labute approximate surface area is 125 Å². The van der Waals surface area contributed by atoms with Gasteiger partial charge in [-0.2, -0.15) is 0 Å². The Bertz CT molecular complexity index is 267. The molecule has 0 heterocycles. The molecule has 0 radical (unpaired) electrons. The minimum absolute atomic E-state index is 0. The number of hydrogen-bond donors (Lipinski definition) is 0. The van der Waals surface area contributed by atoms with Crippen molar-refractivity contribution in [1.82, 2.24) is 0 Å². The summed E-state index contributed by atoms with van der Waals surface area (Å²) >= 11 is 0. The number of carbonyl (C=O) groups excluding carboxylic acids is 2. The predicted molar refractivity (Wildman–Crippen MR) is 66.4 cm³/mol. The van der Waals surface area contributed by atoms with E-state index in [1.807, 2.05) is 6.92 Å². The van der Waals surface area contributed by atoms with Crippen LogP contribution in [0.15, 0.2) is 0 Å². The first-order valence-electron chi connectivity index (χ1n) is 6.13. The molecule has 0 atom stereocenters. The van der Waals surface area contributed by atoms with E-state index in [0.717, 1.165) is 19.3 Å². The Balaban J connectivity index is 0. The van der Waals surface area contributed by atoms with Crippen LogP contribution in [-0.4, -0.2) is 35.0 Å². The van der Waals surface area contributed by atoms with Gasteiger partial charge in [0.25, 0.3) is 0 Å². The van der Waals surface area contributed by atoms with Gasteiger partial charge in [-0.1, -0.05) is 53.4 Å². The molecule has 0 saturated heterocycles. The summed E-state index contributed by atoms with van der Waals surface area (Å²) in [5, 5.41) is 22.5. The van der Waals surface area contributed by atoms with Crippen LogP contribution in [0.1, 0.15) is 59.8 Å². The topological polar surface area (TPSA) is 80.3 Å². The quantitative estimate of drug-likeness (QED) is 0.372. The molecule has 0 fully saturated rings. The number of rotatable bonds is 7. The van der Waals surface area contributed by atoms with Gasteiger partial charge in [0.1, 0.15) is 0 Å². The monoisotopic (exact) mass is 266 g/mol. The maximum Gasteiger partial charge on any atom is 2.00 e. The molecule has 0 amide bonds. The fourth-order valence-corrected chi connectivity index (χ4v) is 2.09. The van der Waals surface area contributed by atoms with Gasteiger partial charge in [-0.25, -0.2) is 0 Å². The molecule has 0 aromatic heterocycles. The molecule has 0 bridgehead atoms. The second-order valence-corrected chi connectivity index (χ2v) is 5.54. The third-order valence-electron chi connectivity index (χ3n) is 3.38. The molecule has 0 aromatic rings. The fraction of sp³-hybridized carbons (Fsp3) is 0.846. The van der Waals surface area contributed by atoms with Crippen LogP contribution in [0.25, 0.3) is 0 Å². The van der Waals surface area contributed by atoms with Crippen molar-refractivity contribution in [2.45, 2.75) is 59.8 Å². The van der Waals surface area contributed by atoms with E-state index in [0.29, 0.717) is 6.42 Å². The van der Waals surface area contributed by atoms with Crippen molar-refractivity contribution in [3.63, 3.8) is 0 Å². The van der Waals surface area contributed by atoms with Gasteiger partial charge < -0.3 is 19.8 Å². The first-order valence-corrected chi connectivity index (χ1v) is 6.13. The zero-order valence-electron chi connectivity index (χ0n) is 11.9. The Hall–Kier alpha value is -0.294. The van der Waals surface area contributed by atoms with E-state index in [1.165, 1.54) is 0 Å². The molecule has 0 N–H and O–H groups in total. The molecule has 5 heteroatoms. The van der Waals surface area contributed by atoms with Gasteiger partial charge in [-0.15, -0.1) is 0 Å². The first-order chi connectivity index (χ1) is 7.70. The van der Waals surface area contributed by atoms with Crippen molar-refractivity contribution < 1.29 is 19.8 Å². The van der Waals surface area contributed by atoms with Crippen LogP contribution in [0, 0.1) is 10.8 Å². The summed E-state index contributed by atoms with van der Waals surface area (Å²) in [6, 6.07) is 0. The van der Waals surface area contributed by atoms with Gasteiger partial charge >= 0.3 is 23.1 Å². The second-order valence-electron chi connectivity index (χ2n) is 5.54. The van der Waals surface area contributed by atoms with Crippen molar-refractivity contribution in [3.05, 3.63) is 0 Å². The molecular formula is C13H22MgO4. The average Bonchev–Trinajstić information content (AvgIpc) is 2.14. The number of carboxylic acids is 2. The van der Waals surface area contributed by atoms with Crippen molar-refractivity contribution in [2.24, 2.45) is 10.8 Å². The fourth-order valence-electron chi connectivity index (χ4n) is 2.09. The summed E-state index contributed by atoms with van der Waals surface area (Å²) in [4.78, 5) is 22.5. The number of carbonyl (C=O) groups is 2. The minimum Gasteiger partial charge on any atom is -0.549 e. The van der Waals surface area contributed by atoms with Crippen molar-refractivity contribution in [1.29, 1.82) is 0 Å². The van der Waals surface area contributed by atoms with Gasteiger partial charge in [0.05, 0.1) is 17.4 Å². The van der Waals surface area contributed by atoms with Crippen LogP contribution in [-0.2, 0) is 9.59 Å². The summed E-state index contributed by atoms with van der Waals surface area (Å²) in [6.45, 7) is 6.82. The molecule has 18 heavy (non-hydrogen) atoms. The van der Waals surface area contributed by atoms with E-state index < -0.39 is 22.8 Å². The zero-order valence-corrected chi connectivity index (χ0v) is 13.3. The van der Waals surface area contributed by atoms with Crippen LogP contribution in [0.2, 0.25) is 0 Å². The van der Waals surface area contributed by atoms with E-state index in [-0.39, 0.29) is 29.5 Å². The van der Waals surface area contributed by atoms with E-state index in [2.05, 4.69) is 0 Å². The van der Waals surface area contributed by atoms with Crippen LogP contribution < -0.4 is 10.2 Å². The summed E-state index contributed by atoms with van der Waals surface area (Å²) in [5.41, 5.74) is -2.82. The zero-order chi connectivity index (χ0) is 13.7. The molecule has 4 nitrogen and oxygen atoms in total. The van der Waals surface area contributed by atoms with Gasteiger partial charge in [-0.05, 0) is 11.8 Å². The van der Waals surface area contributed by atoms with E-state index >= 15 is 0 Å². The van der Waals surface area contributed by atoms with E-state index in [9.17, 15) is 19.8 Å². The molecule has 0 aliphatic carbocycles. The van der Waals surface area contributed by atoms with Gasteiger partial charge in [0, 0.05) is 0 Å². The van der Waals surface area contributed by atoms with Gasteiger partial charge in [0.2, 0.25) is 0 Å². The number of hydrogen-bond acceptors (Lipinski definition) is 4. The minimum atomic E-state index is -1.90. The maximum absolute atomic E-state index is 11.2. The predicted octanol–water partition coefficient (Wildman–Crippen LogP) is 0.108. The smallest absolute Gasteiger partial charge is 0.549 e. The molecule has 0 unspecified atom stereocenters. The van der Waals surface area contributed by atoms with Crippen molar-refractivity contribution in [3.8, 4) is 0 Å². The normalized spacial score (nSPS) is 11.8. The molecule has 0 rings (SSSR count). The Morgan fingerprint density at radius 2 is 1.39 bits per heavy atom. The molecule has 0 saturated carbocycles. The Morgan fingerprint density at radius 3 is 1.67 bits per heavy atom. The Kier molecular flexibility index (Phi) is 8.90. The van der Waals surface area contributed by atoms with Crippen LogP contribution in [0.4, 0.5) is 0 Å². The summed E-state index contributed by atoms with van der Waals surface area (Å²) < 4.78 is 0. The van der Waals surface area contributed by atoms with Crippen LogP contribution >= 0.6 is 0 Å². The van der Waals surface area contributed by atoms with Crippen molar-refractivity contribution in [2.75, 3.05) is 0 Å². The molecule has 0 aromatic carbocycles. The summed E-state index contributed by atoms with van der Waals surface area (Å²) in [6.07, 6.45) is 3.45. The van der Waals surface area contributed by atoms with Crippen molar-refractivity contribution >= 4 is 35.0 Å². The average molecular weight is 267 g/mol. The number of carboxylic acid groups (broad SMARTS) is 2. The second kappa shape index (κ2) is 7.99. The first kappa shape index (κ1) is 20.0. The third kappa shape index (κ3) is 4.43. The number of unbranched alkanes of at least 4 members (excludes halogenated alkanes) is 3. The molecule has 100 valence electrons. The summed E-state index contributed by atoms with van der Waals surface area (Å²) in [7, 11) is 0. The molecule has 0 spiro atoms. The van der Waals surface area contributed by atoms with Crippen LogP contribution in [0.3, 0.4) is 0 Å².